The third kappa shape index (κ3) is 4.93. The molecule has 1 N–H and O–H groups in total. The fraction of sp³-hybridized carbons (Fsp3) is 0.281. The van der Waals surface area contributed by atoms with Crippen molar-refractivity contribution in [3.63, 3.8) is 0 Å². The number of hydrogen-bond acceptors (Lipinski definition) is 8. The molecule has 208 valence electrons. The number of para-hydroxylation sites is 2. The van der Waals surface area contributed by atoms with Crippen molar-refractivity contribution < 1.29 is 28.4 Å². The van der Waals surface area contributed by atoms with E-state index < -0.39 is 0 Å². The van der Waals surface area contributed by atoms with Gasteiger partial charge in [-0.1, -0.05) is 12.1 Å². The molecular formula is C32H34N2O6. The van der Waals surface area contributed by atoms with E-state index in [4.69, 9.17) is 33.4 Å². The van der Waals surface area contributed by atoms with Crippen LogP contribution in [0, 0.1) is 0 Å². The number of fused-ring (bicyclic) bond motifs is 2. The Morgan fingerprint density at radius 3 is 1.85 bits per heavy atom. The number of rotatable bonds is 8. The summed E-state index contributed by atoms with van der Waals surface area (Å²) < 4.78 is 33.7. The van der Waals surface area contributed by atoms with Gasteiger partial charge >= 0.3 is 0 Å². The van der Waals surface area contributed by atoms with Gasteiger partial charge in [0.2, 0.25) is 11.5 Å². The van der Waals surface area contributed by atoms with E-state index in [1.807, 2.05) is 48.5 Å². The van der Waals surface area contributed by atoms with Crippen LogP contribution in [0.1, 0.15) is 30.4 Å². The lowest BCUT2D eigenvalue weighted by Gasteiger charge is -2.24. The number of anilines is 1. The van der Waals surface area contributed by atoms with Crippen molar-refractivity contribution >= 4 is 28.9 Å². The van der Waals surface area contributed by atoms with Crippen LogP contribution < -0.4 is 33.7 Å². The molecule has 0 spiro atoms. The minimum Gasteiger partial charge on any atom is -0.493 e. The summed E-state index contributed by atoms with van der Waals surface area (Å²) in [4.78, 5) is 5.21. The van der Waals surface area contributed by atoms with Gasteiger partial charge in [-0.2, -0.15) is 0 Å². The minimum absolute atomic E-state index is 0.550. The summed E-state index contributed by atoms with van der Waals surface area (Å²) in [5.74, 6) is 3.50. The maximum Gasteiger partial charge on any atom is 0.203 e. The van der Waals surface area contributed by atoms with Crippen LogP contribution in [0.25, 0.3) is 11.8 Å². The molecule has 8 heteroatoms. The first kappa shape index (κ1) is 27.0. The van der Waals surface area contributed by atoms with Crippen molar-refractivity contribution in [3.05, 3.63) is 70.8 Å². The van der Waals surface area contributed by atoms with Crippen molar-refractivity contribution in [3.8, 4) is 34.5 Å². The molecule has 1 heterocycles. The third-order valence-corrected chi connectivity index (χ3v) is 7.14. The molecule has 5 rings (SSSR count). The highest BCUT2D eigenvalue weighted by atomic mass is 16.5. The normalized spacial score (nSPS) is 15.2. The van der Waals surface area contributed by atoms with Gasteiger partial charge in [0.05, 0.1) is 65.4 Å². The molecule has 0 aromatic heterocycles. The molecule has 3 aromatic carbocycles. The molecule has 0 amide bonds. The Bertz CT molecular complexity index is 1470. The van der Waals surface area contributed by atoms with Gasteiger partial charge in [0.15, 0.2) is 23.0 Å². The van der Waals surface area contributed by atoms with Crippen LogP contribution in [0.15, 0.2) is 64.7 Å². The Kier molecular flexibility index (Phi) is 7.86. The lowest BCUT2D eigenvalue weighted by atomic mass is 9.84. The average Bonchev–Trinajstić information content (AvgIpc) is 3.17. The Hall–Kier alpha value is -4.59. The molecule has 0 saturated heterocycles. The van der Waals surface area contributed by atoms with Crippen LogP contribution in [0.4, 0.5) is 11.4 Å². The molecule has 0 radical (unpaired) electrons. The summed E-state index contributed by atoms with van der Waals surface area (Å²) in [7, 11) is 9.70. The number of nitrogens with one attached hydrogen (secondary N) is 1. The number of nitrogens with zero attached hydrogens (tertiary/aromatic N) is 1. The maximum atomic E-state index is 5.68. The van der Waals surface area contributed by atoms with Gasteiger partial charge in [-0.05, 0) is 72.9 Å². The maximum absolute atomic E-state index is 5.68. The second kappa shape index (κ2) is 11.7. The van der Waals surface area contributed by atoms with E-state index in [0.717, 1.165) is 64.3 Å². The quantitative estimate of drug-likeness (QED) is 0.331. The van der Waals surface area contributed by atoms with Gasteiger partial charge in [0.25, 0.3) is 0 Å². The Balaban J connectivity index is 1.72. The Morgan fingerprint density at radius 2 is 1.27 bits per heavy atom. The smallest absolute Gasteiger partial charge is 0.203 e. The SMILES string of the molecule is COc1cc(/C=C2\CCCC3=C(c4cc(OC)c(OC)c(OC)c4)Nc4ccccc4N=C32)cc(OC)c1OC. The molecule has 0 unspecified atom stereocenters. The molecule has 0 bridgehead atoms. The van der Waals surface area contributed by atoms with Crippen LogP contribution in [0.3, 0.4) is 0 Å². The van der Waals surface area contributed by atoms with E-state index in [0.29, 0.717) is 34.5 Å². The lowest BCUT2D eigenvalue weighted by Crippen LogP contribution is -2.16. The largest absolute Gasteiger partial charge is 0.493 e. The van der Waals surface area contributed by atoms with Crippen molar-refractivity contribution in [2.24, 2.45) is 4.99 Å². The third-order valence-electron chi connectivity index (χ3n) is 7.14. The first-order valence-corrected chi connectivity index (χ1v) is 13.0. The topological polar surface area (TPSA) is 79.8 Å². The summed E-state index contributed by atoms with van der Waals surface area (Å²) in [6.45, 7) is 0. The van der Waals surface area contributed by atoms with Crippen molar-refractivity contribution in [1.82, 2.24) is 0 Å². The van der Waals surface area contributed by atoms with Crippen molar-refractivity contribution in [2.45, 2.75) is 19.3 Å². The number of methoxy groups -OCH3 is 6. The predicted molar refractivity (Wildman–Crippen MR) is 158 cm³/mol. The minimum atomic E-state index is 0.550. The van der Waals surface area contributed by atoms with E-state index in [1.165, 1.54) is 0 Å². The van der Waals surface area contributed by atoms with Gasteiger partial charge in [-0.3, -0.25) is 0 Å². The van der Waals surface area contributed by atoms with E-state index in [9.17, 15) is 0 Å². The zero-order chi connectivity index (χ0) is 28.2. The highest BCUT2D eigenvalue weighted by molar-refractivity contribution is 6.22. The number of allylic oxidation sites excluding steroid dienone is 2. The molecule has 1 fully saturated rings. The van der Waals surface area contributed by atoms with Gasteiger partial charge in [-0.15, -0.1) is 0 Å². The molecule has 1 aliphatic heterocycles. The lowest BCUT2D eigenvalue weighted by molar-refractivity contribution is 0.324. The Labute approximate surface area is 234 Å². The summed E-state index contributed by atoms with van der Waals surface area (Å²) >= 11 is 0. The van der Waals surface area contributed by atoms with Gasteiger partial charge in [0, 0.05) is 11.1 Å². The van der Waals surface area contributed by atoms with E-state index in [1.54, 1.807) is 42.7 Å². The zero-order valence-electron chi connectivity index (χ0n) is 23.7. The van der Waals surface area contributed by atoms with Crippen LogP contribution in [0.2, 0.25) is 0 Å². The monoisotopic (exact) mass is 542 g/mol. The second-order valence-corrected chi connectivity index (χ2v) is 9.35. The standard InChI is InChI=1S/C32H34N2O6/c1-35-25-15-19(16-26(36-2)31(25)39-5)14-20-10-9-11-22-29(20)33-23-12-7-8-13-24(23)34-30(22)21-17-27(37-3)32(40-6)28(18-21)38-4/h7-8,12-18,34H,9-11H2,1-6H3/b20-14+. The number of benzene rings is 3. The molecule has 0 atom stereocenters. The van der Waals surface area contributed by atoms with Crippen molar-refractivity contribution in [2.75, 3.05) is 48.0 Å². The second-order valence-electron chi connectivity index (χ2n) is 9.35. The fourth-order valence-corrected chi connectivity index (χ4v) is 5.27. The number of aliphatic imine (C=N–C) groups is 1. The van der Waals surface area contributed by atoms with Crippen LogP contribution in [-0.4, -0.2) is 48.4 Å². The van der Waals surface area contributed by atoms with Crippen LogP contribution >= 0.6 is 0 Å². The molecule has 8 nitrogen and oxygen atoms in total. The molecular weight excluding hydrogens is 508 g/mol. The summed E-state index contributed by atoms with van der Waals surface area (Å²) in [6.07, 6.45) is 4.86. The molecule has 1 aliphatic carbocycles. The first-order chi connectivity index (χ1) is 19.5. The van der Waals surface area contributed by atoms with Gasteiger partial charge in [-0.25, -0.2) is 4.99 Å². The van der Waals surface area contributed by atoms with Crippen molar-refractivity contribution in [1.29, 1.82) is 0 Å². The molecule has 2 aliphatic rings. The van der Waals surface area contributed by atoms with Gasteiger partial charge in [0.1, 0.15) is 0 Å². The average molecular weight is 543 g/mol. The molecule has 3 aromatic rings. The van der Waals surface area contributed by atoms with Crippen LogP contribution in [0.5, 0.6) is 34.5 Å². The van der Waals surface area contributed by atoms with E-state index >= 15 is 0 Å². The number of hydrogen-bond donors (Lipinski definition) is 1. The highest BCUT2D eigenvalue weighted by Gasteiger charge is 2.28. The highest BCUT2D eigenvalue weighted by Crippen LogP contribution is 2.45. The summed E-state index contributed by atoms with van der Waals surface area (Å²) in [6, 6.07) is 15.9. The van der Waals surface area contributed by atoms with E-state index in [2.05, 4.69) is 11.4 Å². The van der Waals surface area contributed by atoms with Crippen LogP contribution in [-0.2, 0) is 0 Å². The van der Waals surface area contributed by atoms with E-state index in [-0.39, 0.29) is 0 Å². The fourth-order valence-electron chi connectivity index (χ4n) is 5.27. The zero-order valence-corrected chi connectivity index (χ0v) is 23.7. The van der Waals surface area contributed by atoms with Gasteiger partial charge < -0.3 is 33.7 Å². The summed E-state index contributed by atoms with van der Waals surface area (Å²) in [5.41, 5.74) is 7.80. The number of ether oxygens (including phenoxy) is 6. The predicted octanol–water partition coefficient (Wildman–Crippen LogP) is 6.92. The Morgan fingerprint density at radius 1 is 0.700 bits per heavy atom. The summed E-state index contributed by atoms with van der Waals surface area (Å²) in [5, 5.41) is 3.68. The molecule has 40 heavy (non-hydrogen) atoms. The first-order valence-electron chi connectivity index (χ1n) is 13.0. The molecule has 1 saturated carbocycles.